The van der Waals surface area contributed by atoms with Gasteiger partial charge in [-0.1, -0.05) is 258 Å². The highest BCUT2D eigenvalue weighted by molar-refractivity contribution is 7.47. The molecule has 62 heavy (non-hydrogen) atoms. The molecule has 0 saturated carbocycles. The molecule has 0 radical (unpaired) electrons. The number of likely N-dealkylation sites (N-methyl/N-ethyl adjacent to an activating group) is 1. The molecule has 0 aromatic rings. The number of rotatable bonds is 52. The van der Waals surface area contributed by atoms with Crippen molar-refractivity contribution in [2.45, 2.75) is 283 Å². The second-order valence-corrected chi connectivity index (χ2v) is 21.4. The van der Waals surface area contributed by atoms with E-state index in [2.05, 4.69) is 13.8 Å². The van der Waals surface area contributed by atoms with Crippen LogP contribution >= 0.6 is 7.82 Å². The average Bonchev–Trinajstić information content (AvgIpc) is 3.23. The maximum atomic E-state index is 12.8. The van der Waals surface area contributed by atoms with Crippen LogP contribution in [-0.2, 0) is 27.9 Å². The minimum Gasteiger partial charge on any atom is -0.457 e. The highest BCUT2D eigenvalue weighted by Crippen LogP contribution is 2.43. The number of quaternary nitrogens is 1. The molecule has 0 saturated heterocycles. The zero-order chi connectivity index (χ0) is 45.5. The topological polar surface area (TPSA) is 91.3 Å². The van der Waals surface area contributed by atoms with Crippen LogP contribution in [-0.4, -0.2) is 75.6 Å². The van der Waals surface area contributed by atoms with E-state index in [1.165, 1.54) is 225 Å². The van der Waals surface area contributed by atoms with E-state index in [1.807, 2.05) is 21.1 Å². The number of carbonyl (C=O) groups excluding carboxylic acids is 1. The molecule has 9 heteroatoms. The Balaban J connectivity index is 4.04. The summed E-state index contributed by atoms with van der Waals surface area (Å²) in [5.74, 6) is -0.303. The number of phosphoric ester groups is 1. The fraction of sp³-hybridized carbons (Fsp3) is 0.981. The molecule has 0 spiro atoms. The smallest absolute Gasteiger partial charge is 0.457 e. The number of phosphoric acid groups is 1. The van der Waals surface area contributed by atoms with Gasteiger partial charge in [-0.05, 0) is 12.8 Å². The zero-order valence-electron chi connectivity index (χ0n) is 42.4. The molecule has 0 aliphatic carbocycles. The zero-order valence-corrected chi connectivity index (χ0v) is 43.3. The predicted octanol–water partition coefficient (Wildman–Crippen LogP) is 16.8. The second kappa shape index (κ2) is 47.0. The van der Waals surface area contributed by atoms with Crippen LogP contribution in [0.25, 0.3) is 0 Å². The Morgan fingerprint density at radius 1 is 0.435 bits per heavy atom. The van der Waals surface area contributed by atoms with Crippen LogP contribution in [0.1, 0.15) is 277 Å². The molecular formula is C53H109NO7P+. The van der Waals surface area contributed by atoms with Gasteiger partial charge in [-0.2, -0.15) is 0 Å². The second-order valence-electron chi connectivity index (χ2n) is 20.0. The molecule has 0 bridgehead atoms. The van der Waals surface area contributed by atoms with Gasteiger partial charge in [0.1, 0.15) is 19.3 Å². The van der Waals surface area contributed by atoms with E-state index >= 15 is 0 Å². The SMILES string of the molecule is CCCCCCCCCCCCCCCCCCCCCCCCC(=O)OC(COCCCCCCCCCCCCCCCCCCCC)COP(=O)(O)OCC[N+](C)(C)C. The van der Waals surface area contributed by atoms with Crippen molar-refractivity contribution in [3.05, 3.63) is 0 Å². The third-order valence-electron chi connectivity index (χ3n) is 12.4. The highest BCUT2D eigenvalue weighted by atomic mass is 31.2. The Kier molecular flexibility index (Phi) is 46.6. The van der Waals surface area contributed by atoms with Crippen molar-refractivity contribution in [3.63, 3.8) is 0 Å². The summed E-state index contributed by atoms with van der Waals surface area (Å²) < 4.78 is 35.2. The number of esters is 1. The van der Waals surface area contributed by atoms with Gasteiger partial charge in [-0.25, -0.2) is 4.57 Å². The number of unbranched alkanes of at least 4 members (excludes halogenated alkanes) is 38. The van der Waals surface area contributed by atoms with Crippen LogP contribution in [0, 0.1) is 0 Å². The van der Waals surface area contributed by atoms with Gasteiger partial charge in [0.05, 0.1) is 34.4 Å². The highest BCUT2D eigenvalue weighted by Gasteiger charge is 2.26. The first kappa shape index (κ1) is 61.5. The van der Waals surface area contributed by atoms with E-state index in [9.17, 15) is 14.3 Å². The molecule has 1 N–H and O–H groups in total. The maximum absolute atomic E-state index is 12.8. The summed E-state index contributed by atoms with van der Waals surface area (Å²) >= 11 is 0. The van der Waals surface area contributed by atoms with Crippen LogP contribution in [0.5, 0.6) is 0 Å². The number of carbonyl (C=O) groups is 1. The maximum Gasteiger partial charge on any atom is 0.472 e. The van der Waals surface area contributed by atoms with E-state index in [4.69, 9.17) is 18.5 Å². The van der Waals surface area contributed by atoms with Crippen molar-refractivity contribution in [2.24, 2.45) is 0 Å². The summed E-state index contributed by atoms with van der Waals surface area (Å²) in [7, 11) is 1.69. The minimum atomic E-state index is -4.27. The van der Waals surface area contributed by atoms with Gasteiger partial charge in [0, 0.05) is 13.0 Å². The monoisotopic (exact) mass is 903 g/mol. The van der Waals surface area contributed by atoms with E-state index in [-0.39, 0.29) is 25.8 Å². The fourth-order valence-electron chi connectivity index (χ4n) is 8.20. The standard InChI is InChI=1S/C53H108NO7P/c1-6-8-10-12-14-16-18-20-22-24-26-27-28-29-30-32-34-36-38-40-42-44-46-53(55)61-52(51-60-62(56,57)59-49-47-54(3,4)5)50-58-48-45-43-41-39-37-35-33-31-25-23-21-19-17-15-13-11-9-7-2/h52H,6-51H2,1-5H3/p+1. The average molecular weight is 903 g/mol. The lowest BCUT2D eigenvalue weighted by Gasteiger charge is -2.24. The van der Waals surface area contributed by atoms with E-state index < -0.39 is 13.9 Å². The van der Waals surface area contributed by atoms with Crippen LogP contribution in [0.15, 0.2) is 0 Å². The van der Waals surface area contributed by atoms with Crippen LogP contribution in [0.3, 0.4) is 0 Å². The quantitative estimate of drug-likeness (QED) is 0.0281. The van der Waals surface area contributed by atoms with Crippen LogP contribution < -0.4 is 0 Å². The van der Waals surface area contributed by atoms with Crippen LogP contribution in [0.2, 0.25) is 0 Å². The first-order chi connectivity index (χ1) is 30.1. The lowest BCUT2D eigenvalue weighted by atomic mass is 10.0. The van der Waals surface area contributed by atoms with Gasteiger partial charge in [0.25, 0.3) is 0 Å². The Morgan fingerprint density at radius 3 is 1.06 bits per heavy atom. The predicted molar refractivity (Wildman–Crippen MR) is 266 cm³/mol. The van der Waals surface area contributed by atoms with Gasteiger partial charge in [-0.15, -0.1) is 0 Å². The normalized spacial score (nSPS) is 13.5. The molecule has 372 valence electrons. The molecule has 2 atom stereocenters. The van der Waals surface area contributed by atoms with Crippen LogP contribution in [0.4, 0.5) is 0 Å². The Bertz CT molecular complexity index is 961. The van der Waals surface area contributed by atoms with Crippen molar-refractivity contribution in [1.29, 1.82) is 0 Å². The van der Waals surface area contributed by atoms with Gasteiger partial charge < -0.3 is 18.9 Å². The number of nitrogens with zero attached hydrogens (tertiary/aromatic N) is 1. The Labute approximate surface area is 387 Å². The third-order valence-corrected chi connectivity index (χ3v) is 13.4. The summed E-state index contributed by atoms with van der Waals surface area (Å²) in [6.07, 6.45) is 53.0. The van der Waals surface area contributed by atoms with Crippen molar-refractivity contribution in [2.75, 3.05) is 54.1 Å². The summed E-state index contributed by atoms with van der Waals surface area (Å²) in [6.45, 7) is 5.71. The third kappa shape index (κ3) is 50.5. The lowest BCUT2D eigenvalue weighted by molar-refractivity contribution is -0.870. The molecule has 0 aliphatic rings. The Morgan fingerprint density at radius 2 is 0.742 bits per heavy atom. The van der Waals surface area contributed by atoms with Crippen molar-refractivity contribution in [1.82, 2.24) is 0 Å². The first-order valence-corrected chi connectivity index (χ1v) is 28.8. The number of hydrogen-bond donors (Lipinski definition) is 1. The molecule has 0 aliphatic heterocycles. The van der Waals surface area contributed by atoms with Gasteiger partial charge in [0.15, 0.2) is 0 Å². The number of ether oxygens (including phenoxy) is 2. The van der Waals surface area contributed by atoms with Gasteiger partial charge >= 0.3 is 13.8 Å². The summed E-state index contributed by atoms with van der Waals surface area (Å²) in [4.78, 5) is 23.0. The van der Waals surface area contributed by atoms with Gasteiger partial charge in [0.2, 0.25) is 0 Å². The van der Waals surface area contributed by atoms with Crippen molar-refractivity contribution < 1.29 is 37.3 Å². The van der Waals surface area contributed by atoms with Crippen molar-refractivity contribution >= 4 is 13.8 Å². The minimum absolute atomic E-state index is 0.0943. The van der Waals surface area contributed by atoms with E-state index in [0.717, 1.165) is 32.1 Å². The molecule has 8 nitrogen and oxygen atoms in total. The van der Waals surface area contributed by atoms with Crippen molar-refractivity contribution in [3.8, 4) is 0 Å². The lowest BCUT2D eigenvalue weighted by Crippen LogP contribution is -2.37. The first-order valence-electron chi connectivity index (χ1n) is 27.3. The summed E-state index contributed by atoms with van der Waals surface area (Å²) in [6, 6.07) is 0. The van der Waals surface area contributed by atoms with E-state index in [0.29, 0.717) is 24.1 Å². The number of hydrogen-bond acceptors (Lipinski definition) is 6. The molecule has 0 heterocycles. The van der Waals surface area contributed by atoms with Gasteiger partial charge in [-0.3, -0.25) is 13.8 Å². The fourth-order valence-corrected chi connectivity index (χ4v) is 8.95. The molecule has 2 unspecified atom stereocenters. The molecular weight excluding hydrogens is 794 g/mol. The summed E-state index contributed by atoms with van der Waals surface area (Å²) in [5.41, 5.74) is 0. The summed E-state index contributed by atoms with van der Waals surface area (Å²) in [5, 5.41) is 0. The Hall–Kier alpha value is -0.500. The van der Waals surface area contributed by atoms with E-state index in [1.54, 1.807) is 0 Å². The largest absolute Gasteiger partial charge is 0.472 e. The molecule has 0 aromatic carbocycles. The molecule has 0 amide bonds. The molecule has 0 rings (SSSR count). The molecule has 0 fully saturated rings. The molecule has 0 aromatic heterocycles.